The first-order chi connectivity index (χ1) is 14.0. The Hall–Kier alpha value is -4.26. The van der Waals surface area contributed by atoms with E-state index in [1.165, 1.54) is 30.3 Å². The summed E-state index contributed by atoms with van der Waals surface area (Å²) >= 11 is 0. The van der Waals surface area contributed by atoms with Crippen molar-refractivity contribution in [1.82, 2.24) is 0 Å². The molecule has 1 heterocycles. The topological polar surface area (TPSA) is 99.7 Å². The quantitative estimate of drug-likeness (QED) is 0.212. The molecular formula is C22H13NO6. The molecule has 142 valence electrons. The summed E-state index contributed by atoms with van der Waals surface area (Å²) in [7, 11) is 0. The second kappa shape index (κ2) is 7.40. The number of carbonyl (C=O) groups is 1. The number of carbonyl (C=O) groups excluding carboxylic acids is 1. The van der Waals surface area contributed by atoms with Crippen LogP contribution >= 0.6 is 0 Å². The van der Waals surface area contributed by atoms with Crippen molar-refractivity contribution >= 4 is 22.4 Å². The van der Waals surface area contributed by atoms with E-state index >= 15 is 0 Å². The van der Waals surface area contributed by atoms with Gasteiger partial charge >= 0.3 is 11.3 Å². The highest BCUT2D eigenvalue weighted by Crippen LogP contribution is 2.33. The van der Waals surface area contributed by atoms with Crippen molar-refractivity contribution in [1.29, 1.82) is 0 Å². The number of ether oxygens (including phenoxy) is 1. The van der Waals surface area contributed by atoms with Crippen molar-refractivity contribution in [3.05, 3.63) is 111 Å². The molecule has 0 saturated heterocycles. The van der Waals surface area contributed by atoms with E-state index in [2.05, 4.69) is 0 Å². The van der Waals surface area contributed by atoms with Gasteiger partial charge in [-0.2, -0.15) is 0 Å². The van der Waals surface area contributed by atoms with Crippen LogP contribution in [0.4, 0.5) is 5.69 Å². The summed E-state index contributed by atoms with van der Waals surface area (Å²) in [5.74, 6) is -0.0953. The smallest absolute Gasteiger partial charge is 0.336 e. The van der Waals surface area contributed by atoms with Crippen LogP contribution in [0.2, 0.25) is 0 Å². The number of nitro benzene ring substituents is 1. The number of nitrogens with zero attached hydrogens (tertiary/aromatic N) is 1. The monoisotopic (exact) mass is 387 g/mol. The van der Waals surface area contributed by atoms with Gasteiger partial charge in [-0.25, -0.2) is 4.79 Å². The number of fused-ring (bicyclic) bond motifs is 1. The van der Waals surface area contributed by atoms with Gasteiger partial charge in [-0.3, -0.25) is 14.9 Å². The predicted octanol–water partition coefficient (Wildman–Crippen LogP) is 4.72. The van der Waals surface area contributed by atoms with E-state index in [1.54, 1.807) is 48.5 Å². The summed E-state index contributed by atoms with van der Waals surface area (Å²) in [4.78, 5) is 34.9. The Morgan fingerprint density at radius 3 is 2.41 bits per heavy atom. The molecule has 7 nitrogen and oxygen atoms in total. The lowest BCUT2D eigenvalue weighted by atomic mass is 10.0. The summed E-state index contributed by atoms with van der Waals surface area (Å²) in [6.07, 6.45) is 0. The molecule has 29 heavy (non-hydrogen) atoms. The van der Waals surface area contributed by atoms with Crippen LogP contribution in [0.5, 0.6) is 11.5 Å². The third-order valence-corrected chi connectivity index (χ3v) is 4.28. The van der Waals surface area contributed by atoms with Gasteiger partial charge in [-0.1, -0.05) is 30.3 Å². The van der Waals surface area contributed by atoms with E-state index in [-0.39, 0.29) is 28.5 Å². The molecule has 3 aromatic carbocycles. The van der Waals surface area contributed by atoms with E-state index < -0.39 is 10.5 Å². The molecule has 4 rings (SSSR count). The maximum absolute atomic E-state index is 12.6. The molecule has 0 radical (unpaired) electrons. The summed E-state index contributed by atoms with van der Waals surface area (Å²) in [6.45, 7) is 0. The average molecular weight is 387 g/mol. The van der Waals surface area contributed by atoms with Gasteiger partial charge in [0, 0.05) is 34.7 Å². The standard InChI is InChI=1S/C22H13NO6/c24-21-11-8-14-6-9-17(13-20(14)29-21)28-19-10-7-16(12-18(19)23(26)27)22(25)15-4-2-1-3-5-15/h1-13H. The van der Waals surface area contributed by atoms with Gasteiger partial charge in [-0.15, -0.1) is 0 Å². The Labute approximate surface area is 163 Å². The van der Waals surface area contributed by atoms with Crippen LogP contribution in [-0.4, -0.2) is 10.7 Å². The van der Waals surface area contributed by atoms with E-state index in [9.17, 15) is 19.7 Å². The van der Waals surface area contributed by atoms with Gasteiger partial charge in [0.2, 0.25) is 5.75 Å². The van der Waals surface area contributed by atoms with Crippen LogP contribution in [0.3, 0.4) is 0 Å². The van der Waals surface area contributed by atoms with Gasteiger partial charge < -0.3 is 9.15 Å². The molecule has 0 unspecified atom stereocenters. The fourth-order valence-electron chi connectivity index (χ4n) is 2.88. The van der Waals surface area contributed by atoms with Crippen LogP contribution in [0.1, 0.15) is 15.9 Å². The minimum Gasteiger partial charge on any atom is -0.450 e. The van der Waals surface area contributed by atoms with Crippen molar-refractivity contribution in [3.63, 3.8) is 0 Å². The maximum Gasteiger partial charge on any atom is 0.336 e. The molecule has 0 saturated carbocycles. The SMILES string of the molecule is O=C(c1ccccc1)c1ccc(Oc2ccc3ccc(=O)oc3c2)c([N+](=O)[O-])c1. The molecule has 0 aliphatic carbocycles. The van der Waals surface area contributed by atoms with Crippen molar-refractivity contribution in [2.75, 3.05) is 0 Å². The zero-order valence-corrected chi connectivity index (χ0v) is 14.9. The molecule has 0 aliphatic heterocycles. The first kappa shape index (κ1) is 18.1. The zero-order valence-electron chi connectivity index (χ0n) is 14.9. The lowest BCUT2D eigenvalue weighted by Crippen LogP contribution is -2.03. The highest BCUT2D eigenvalue weighted by molar-refractivity contribution is 6.09. The number of hydrogen-bond acceptors (Lipinski definition) is 6. The highest BCUT2D eigenvalue weighted by atomic mass is 16.6. The summed E-state index contributed by atoms with van der Waals surface area (Å²) in [5, 5.41) is 12.2. The van der Waals surface area contributed by atoms with Gasteiger partial charge in [0.25, 0.3) is 0 Å². The van der Waals surface area contributed by atoms with Gasteiger partial charge in [0.15, 0.2) is 5.78 Å². The van der Waals surface area contributed by atoms with Crippen LogP contribution < -0.4 is 10.4 Å². The first-order valence-corrected chi connectivity index (χ1v) is 8.61. The van der Waals surface area contributed by atoms with Crippen molar-refractivity contribution < 1.29 is 18.9 Å². The third kappa shape index (κ3) is 3.74. The highest BCUT2D eigenvalue weighted by Gasteiger charge is 2.20. The second-order valence-electron chi connectivity index (χ2n) is 6.19. The minimum absolute atomic E-state index is 0.0303. The van der Waals surface area contributed by atoms with Crippen LogP contribution in [0, 0.1) is 10.1 Å². The summed E-state index contributed by atoms with van der Waals surface area (Å²) < 4.78 is 10.7. The number of ketones is 1. The molecule has 0 aliphatic rings. The van der Waals surface area contributed by atoms with E-state index in [4.69, 9.17) is 9.15 Å². The Kier molecular flexibility index (Phi) is 4.62. The van der Waals surface area contributed by atoms with Crippen molar-refractivity contribution in [2.45, 2.75) is 0 Å². The van der Waals surface area contributed by atoms with E-state index in [0.29, 0.717) is 16.5 Å². The summed E-state index contributed by atoms with van der Waals surface area (Å²) in [6, 6.07) is 20.2. The van der Waals surface area contributed by atoms with Crippen molar-refractivity contribution in [3.8, 4) is 11.5 Å². The molecule has 0 amide bonds. The van der Waals surface area contributed by atoms with Gasteiger partial charge in [0.05, 0.1) is 4.92 Å². The molecule has 0 N–H and O–H groups in total. The molecular weight excluding hydrogens is 374 g/mol. The second-order valence-corrected chi connectivity index (χ2v) is 6.19. The Morgan fingerprint density at radius 2 is 1.66 bits per heavy atom. The molecule has 0 bridgehead atoms. The predicted molar refractivity (Wildman–Crippen MR) is 106 cm³/mol. The molecule has 4 aromatic rings. The Morgan fingerprint density at radius 1 is 0.897 bits per heavy atom. The molecule has 0 fully saturated rings. The number of hydrogen-bond donors (Lipinski definition) is 0. The minimum atomic E-state index is -0.613. The van der Waals surface area contributed by atoms with E-state index in [1.807, 2.05) is 0 Å². The average Bonchev–Trinajstić information content (AvgIpc) is 2.73. The first-order valence-electron chi connectivity index (χ1n) is 8.61. The van der Waals surface area contributed by atoms with Crippen molar-refractivity contribution in [2.24, 2.45) is 0 Å². The maximum atomic E-state index is 12.6. The number of nitro groups is 1. The fourth-order valence-corrected chi connectivity index (χ4v) is 2.88. The molecule has 0 spiro atoms. The van der Waals surface area contributed by atoms with E-state index in [0.717, 1.165) is 0 Å². The lowest BCUT2D eigenvalue weighted by Gasteiger charge is -2.08. The third-order valence-electron chi connectivity index (χ3n) is 4.28. The number of rotatable bonds is 5. The molecule has 7 heteroatoms. The van der Waals surface area contributed by atoms with Gasteiger partial charge in [0.1, 0.15) is 11.3 Å². The van der Waals surface area contributed by atoms with Crippen LogP contribution in [-0.2, 0) is 0 Å². The Balaban J connectivity index is 1.70. The Bertz CT molecular complexity index is 1290. The van der Waals surface area contributed by atoms with Crippen LogP contribution in [0.15, 0.2) is 88.1 Å². The lowest BCUT2D eigenvalue weighted by molar-refractivity contribution is -0.385. The zero-order chi connectivity index (χ0) is 20.4. The largest absolute Gasteiger partial charge is 0.450 e. The fraction of sp³-hybridized carbons (Fsp3) is 0. The normalized spacial score (nSPS) is 10.6. The molecule has 0 atom stereocenters. The summed E-state index contributed by atoms with van der Waals surface area (Å²) in [5.41, 5.74) is 0.0547. The number of benzene rings is 3. The van der Waals surface area contributed by atoms with Crippen LogP contribution in [0.25, 0.3) is 11.0 Å². The van der Waals surface area contributed by atoms with Gasteiger partial charge in [-0.05, 0) is 30.3 Å². The molecule has 1 aromatic heterocycles.